The molecule has 0 aliphatic heterocycles. The van der Waals surface area contributed by atoms with Crippen molar-refractivity contribution in [3.63, 3.8) is 0 Å². The van der Waals surface area contributed by atoms with Crippen LogP contribution in [-0.2, 0) is 12.0 Å². The van der Waals surface area contributed by atoms with Crippen LogP contribution < -0.4 is 11.1 Å². The molecule has 0 radical (unpaired) electrons. The Morgan fingerprint density at radius 3 is 2.70 bits per heavy atom. The van der Waals surface area contributed by atoms with Gasteiger partial charge < -0.3 is 11.1 Å². The van der Waals surface area contributed by atoms with Gasteiger partial charge in [0.2, 0.25) is 0 Å². The lowest BCUT2D eigenvalue weighted by atomic mass is 9.96. The standard InChI is InChI=1S/C15H26N4S/c1-15(2,3)13-18-12(10-20-13)9-17-14(16)19-11-7-5-4-6-8-11/h10-11H,4-9H2,1-3H3,(H3,16,17,19). The quantitative estimate of drug-likeness (QED) is 0.665. The van der Waals surface area contributed by atoms with Crippen LogP contribution in [0.15, 0.2) is 10.4 Å². The van der Waals surface area contributed by atoms with Gasteiger partial charge in [0.15, 0.2) is 5.96 Å². The molecule has 1 aromatic rings. The maximum atomic E-state index is 5.96. The highest BCUT2D eigenvalue weighted by molar-refractivity contribution is 7.09. The van der Waals surface area contributed by atoms with Crippen molar-refractivity contribution in [2.24, 2.45) is 10.7 Å². The number of nitrogens with one attached hydrogen (secondary N) is 1. The summed E-state index contributed by atoms with van der Waals surface area (Å²) in [6.45, 7) is 7.10. The van der Waals surface area contributed by atoms with Gasteiger partial charge in [0.1, 0.15) is 0 Å². The van der Waals surface area contributed by atoms with Crippen LogP contribution in [0.25, 0.3) is 0 Å². The Balaban J connectivity index is 1.86. The molecule has 3 N–H and O–H groups in total. The minimum Gasteiger partial charge on any atom is -0.370 e. The Labute approximate surface area is 125 Å². The first kappa shape index (κ1) is 15.3. The minimum atomic E-state index is 0.110. The minimum absolute atomic E-state index is 0.110. The first-order valence-electron chi connectivity index (χ1n) is 7.46. The van der Waals surface area contributed by atoms with Crippen LogP contribution in [0, 0.1) is 0 Å². The van der Waals surface area contributed by atoms with E-state index in [0.29, 0.717) is 18.5 Å². The van der Waals surface area contributed by atoms with E-state index in [1.807, 2.05) is 0 Å². The fourth-order valence-electron chi connectivity index (χ4n) is 2.39. The summed E-state index contributed by atoms with van der Waals surface area (Å²) in [6, 6.07) is 0.507. The maximum Gasteiger partial charge on any atom is 0.189 e. The molecule has 1 saturated carbocycles. The van der Waals surface area contributed by atoms with Crippen molar-refractivity contribution >= 4 is 17.3 Å². The molecular weight excluding hydrogens is 268 g/mol. The van der Waals surface area contributed by atoms with Crippen LogP contribution >= 0.6 is 11.3 Å². The lowest BCUT2D eigenvalue weighted by Gasteiger charge is -2.23. The Morgan fingerprint density at radius 2 is 2.10 bits per heavy atom. The van der Waals surface area contributed by atoms with Crippen molar-refractivity contribution < 1.29 is 0 Å². The molecule has 0 saturated heterocycles. The van der Waals surface area contributed by atoms with Gasteiger partial charge in [-0.15, -0.1) is 11.3 Å². The summed E-state index contributed by atoms with van der Waals surface area (Å²) < 4.78 is 0. The smallest absolute Gasteiger partial charge is 0.189 e. The summed E-state index contributed by atoms with van der Waals surface area (Å²) >= 11 is 1.70. The fourth-order valence-corrected chi connectivity index (χ4v) is 3.29. The van der Waals surface area contributed by atoms with Crippen molar-refractivity contribution in [3.8, 4) is 0 Å². The third-order valence-electron chi connectivity index (χ3n) is 3.56. The molecular formula is C15H26N4S. The van der Waals surface area contributed by atoms with Gasteiger partial charge in [-0.2, -0.15) is 0 Å². The number of nitrogens with two attached hydrogens (primary N) is 1. The molecule has 0 atom stereocenters. The van der Waals surface area contributed by atoms with E-state index in [1.165, 1.54) is 32.1 Å². The van der Waals surface area contributed by atoms with Crippen molar-refractivity contribution in [1.82, 2.24) is 10.3 Å². The average molecular weight is 294 g/mol. The highest BCUT2D eigenvalue weighted by Gasteiger charge is 2.18. The molecule has 1 aliphatic carbocycles. The molecule has 0 amide bonds. The van der Waals surface area contributed by atoms with Gasteiger partial charge >= 0.3 is 0 Å². The molecule has 0 bridgehead atoms. The Morgan fingerprint density at radius 1 is 1.40 bits per heavy atom. The normalized spacial score (nSPS) is 18.2. The molecule has 112 valence electrons. The zero-order valence-electron chi connectivity index (χ0n) is 12.8. The predicted molar refractivity (Wildman–Crippen MR) is 86.1 cm³/mol. The number of thiazole rings is 1. The van der Waals surface area contributed by atoms with Crippen LogP contribution in [0.5, 0.6) is 0 Å². The van der Waals surface area contributed by atoms with Gasteiger partial charge in [-0.1, -0.05) is 40.0 Å². The van der Waals surface area contributed by atoms with Crippen LogP contribution in [0.2, 0.25) is 0 Å². The second-order valence-corrected chi connectivity index (χ2v) is 7.43. The van der Waals surface area contributed by atoms with E-state index >= 15 is 0 Å². The van der Waals surface area contributed by atoms with Gasteiger partial charge in [-0.05, 0) is 12.8 Å². The highest BCUT2D eigenvalue weighted by atomic mass is 32.1. The van der Waals surface area contributed by atoms with Gasteiger partial charge in [0, 0.05) is 16.8 Å². The molecule has 0 aromatic carbocycles. The largest absolute Gasteiger partial charge is 0.370 e. The molecule has 5 heteroatoms. The zero-order valence-corrected chi connectivity index (χ0v) is 13.6. The van der Waals surface area contributed by atoms with Gasteiger partial charge in [0.25, 0.3) is 0 Å². The van der Waals surface area contributed by atoms with Crippen molar-refractivity contribution in [2.75, 3.05) is 0 Å². The molecule has 2 rings (SSSR count). The van der Waals surface area contributed by atoms with Crippen LogP contribution in [0.4, 0.5) is 0 Å². The van der Waals surface area contributed by atoms with Crippen molar-refractivity contribution in [1.29, 1.82) is 0 Å². The van der Waals surface area contributed by atoms with E-state index in [0.717, 1.165) is 10.7 Å². The fraction of sp³-hybridized carbons (Fsp3) is 0.733. The number of nitrogens with zero attached hydrogens (tertiary/aromatic N) is 2. The molecule has 20 heavy (non-hydrogen) atoms. The second-order valence-electron chi connectivity index (χ2n) is 6.57. The van der Waals surface area contributed by atoms with Gasteiger partial charge in [0.05, 0.1) is 17.2 Å². The molecule has 1 aromatic heterocycles. The Hall–Kier alpha value is -1.10. The number of aliphatic imine (C=N–C) groups is 1. The third kappa shape index (κ3) is 4.47. The SMILES string of the molecule is CC(C)(C)c1nc(CN=C(N)NC2CCCCC2)cs1. The summed E-state index contributed by atoms with van der Waals surface area (Å²) in [5.74, 6) is 0.558. The van der Waals surface area contributed by atoms with E-state index in [2.05, 4.69) is 41.4 Å². The first-order valence-corrected chi connectivity index (χ1v) is 8.34. The number of hydrogen-bond donors (Lipinski definition) is 2. The summed E-state index contributed by atoms with van der Waals surface area (Å²) in [6.07, 6.45) is 6.36. The Bertz CT molecular complexity index is 453. The third-order valence-corrected chi connectivity index (χ3v) is 4.88. The first-order chi connectivity index (χ1) is 9.45. The Kier molecular flexibility index (Phi) is 5.02. The number of hydrogen-bond acceptors (Lipinski definition) is 3. The molecule has 4 nitrogen and oxygen atoms in total. The highest BCUT2D eigenvalue weighted by Crippen LogP contribution is 2.25. The van der Waals surface area contributed by atoms with Crippen LogP contribution in [-0.4, -0.2) is 17.0 Å². The summed E-state index contributed by atoms with van der Waals surface area (Å²) in [4.78, 5) is 9.04. The monoisotopic (exact) mass is 294 g/mol. The molecule has 1 heterocycles. The maximum absolute atomic E-state index is 5.96. The summed E-state index contributed by atoms with van der Waals surface area (Å²) in [5.41, 5.74) is 7.08. The van der Waals surface area contributed by atoms with E-state index in [1.54, 1.807) is 11.3 Å². The topological polar surface area (TPSA) is 63.3 Å². The average Bonchev–Trinajstić information content (AvgIpc) is 2.86. The lowest BCUT2D eigenvalue weighted by molar-refractivity contribution is 0.412. The van der Waals surface area contributed by atoms with Gasteiger partial charge in [-0.3, -0.25) is 0 Å². The molecule has 1 fully saturated rings. The van der Waals surface area contributed by atoms with Crippen molar-refractivity contribution in [2.45, 2.75) is 70.9 Å². The molecule has 0 unspecified atom stereocenters. The summed E-state index contributed by atoms with van der Waals surface area (Å²) in [5, 5.41) is 6.56. The van der Waals surface area contributed by atoms with Crippen LogP contribution in [0.3, 0.4) is 0 Å². The van der Waals surface area contributed by atoms with E-state index in [9.17, 15) is 0 Å². The number of aromatic nitrogens is 1. The second kappa shape index (κ2) is 6.57. The van der Waals surface area contributed by atoms with Gasteiger partial charge in [-0.25, -0.2) is 9.98 Å². The molecule has 0 spiro atoms. The van der Waals surface area contributed by atoms with Crippen LogP contribution in [0.1, 0.15) is 63.6 Å². The number of guanidine groups is 1. The van der Waals surface area contributed by atoms with Crippen molar-refractivity contribution in [3.05, 3.63) is 16.1 Å². The predicted octanol–water partition coefficient (Wildman–Crippen LogP) is 3.18. The van der Waals surface area contributed by atoms with E-state index in [4.69, 9.17) is 5.73 Å². The summed E-state index contributed by atoms with van der Waals surface area (Å²) in [7, 11) is 0. The lowest BCUT2D eigenvalue weighted by Crippen LogP contribution is -2.41. The van der Waals surface area contributed by atoms with E-state index < -0.39 is 0 Å². The zero-order chi connectivity index (χ0) is 14.6. The number of rotatable bonds is 3. The molecule has 1 aliphatic rings. The van der Waals surface area contributed by atoms with E-state index in [-0.39, 0.29) is 5.41 Å².